The van der Waals surface area contributed by atoms with Crippen molar-refractivity contribution in [2.24, 2.45) is 0 Å². The minimum absolute atomic E-state index is 0.00203. The third kappa shape index (κ3) is 8.17. The van der Waals surface area contributed by atoms with E-state index in [-0.39, 0.29) is 39.4 Å². The van der Waals surface area contributed by atoms with Crippen molar-refractivity contribution in [2.75, 3.05) is 0 Å². The average Bonchev–Trinajstić information content (AvgIpc) is 3.73. The second-order valence-corrected chi connectivity index (χ2v) is 19.6. The SMILES string of the molecule is [2H]c1nc(-c2cc(-c3ccccc3)cc(-c3cccc4c3nc(-c3cc(C(C)(C)C)cc(C(C)(C)C)c3O)n4-c3ccc(-c4ccccc4)cc3C(C)(C)C)c2)c([2H])c(-c2c([2H])c([2H])c([2H])c([2H])c2[2H])c1[2H]. The van der Waals surface area contributed by atoms with Gasteiger partial charge in [0.1, 0.15) is 11.6 Å². The molecule has 0 aliphatic carbocycles. The Labute approximate surface area is 390 Å². The van der Waals surface area contributed by atoms with Gasteiger partial charge in [0, 0.05) is 22.9 Å². The number of phenolic OH excluding ortho intramolecular Hbond substituents is 1. The lowest BCUT2D eigenvalue weighted by Gasteiger charge is -2.28. The van der Waals surface area contributed by atoms with Crippen molar-refractivity contribution in [1.29, 1.82) is 0 Å². The molecule has 7 aromatic carbocycles. The lowest BCUT2D eigenvalue weighted by Crippen LogP contribution is -2.18. The molecule has 0 aliphatic heterocycles. The van der Waals surface area contributed by atoms with E-state index in [9.17, 15) is 6.48 Å². The van der Waals surface area contributed by atoms with Gasteiger partial charge in [-0.3, -0.25) is 9.55 Å². The van der Waals surface area contributed by atoms with E-state index in [1.165, 1.54) is 0 Å². The maximum Gasteiger partial charge on any atom is 0.149 e. The van der Waals surface area contributed by atoms with Gasteiger partial charge in [-0.25, -0.2) is 4.98 Å². The van der Waals surface area contributed by atoms with Crippen LogP contribution in [0.3, 0.4) is 0 Å². The van der Waals surface area contributed by atoms with E-state index in [0.29, 0.717) is 28.0 Å². The standard InChI is InChI=1S/C60H57N3O/c1-58(2,3)47-37-49(56(64)51(38-47)60(7,8)9)57-62-55-48(26-19-27-54(55)63(57)53-29-28-42(35-50(53)59(4,5)6)39-20-13-10-14-21-39)45-32-44(41-24-17-12-18-25-41)33-46(34-45)52-36-43(30-31-61-52)40-22-15-11-16-23-40/h10-38,64H,1-9H3/i11D,15D,16D,22D,23D,30D,31D,36D. The van der Waals surface area contributed by atoms with Gasteiger partial charge in [0.2, 0.25) is 0 Å². The Balaban J connectivity index is 1.38. The van der Waals surface area contributed by atoms with Crippen molar-refractivity contribution in [3.05, 3.63) is 193 Å². The smallest absolute Gasteiger partial charge is 0.149 e. The van der Waals surface area contributed by atoms with E-state index in [1.807, 2.05) is 84.9 Å². The van der Waals surface area contributed by atoms with Gasteiger partial charge in [-0.15, -0.1) is 0 Å². The van der Waals surface area contributed by atoms with E-state index in [0.717, 1.165) is 55.7 Å². The molecule has 0 unspecified atom stereocenters. The van der Waals surface area contributed by atoms with Crippen LogP contribution in [-0.2, 0) is 16.2 Å². The minimum atomic E-state index is -0.607. The van der Waals surface area contributed by atoms with Gasteiger partial charge in [-0.2, -0.15) is 0 Å². The number of pyridine rings is 1. The molecule has 9 aromatic rings. The average molecular weight is 844 g/mol. The Kier molecular flexibility index (Phi) is 8.51. The topological polar surface area (TPSA) is 50.9 Å². The lowest BCUT2D eigenvalue weighted by molar-refractivity contribution is 0.446. The van der Waals surface area contributed by atoms with Crippen LogP contribution in [0.5, 0.6) is 5.75 Å². The van der Waals surface area contributed by atoms with Crippen molar-refractivity contribution in [3.8, 4) is 78.6 Å². The van der Waals surface area contributed by atoms with E-state index < -0.39 is 47.8 Å². The van der Waals surface area contributed by atoms with E-state index in [1.54, 1.807) is 0 Å². The number of para-hydroxylation sites is 1. The summed E-state index contributed by atoms with van der Waals surface area (Å²) in [7, 11) is 0. The first kappa shape index (κ1) is 33.5. The zero-order valence-electron chi connectivity index (χ0n) is 45.9. The van der Waals surface area contributed by atoms with Gasteiger partial charge in [0.05, 0.1) is 38.9 Å². The summed E-state index contributed by atoms with van der Waals surface area (Å²) in [5.74, 6) is 0.695. The van der Waals surface area contributed by atoms with Gasteiger partial charge in [-0.05, 0) is 121 Å². The second-order valence-electron chi connectivity index (χ2n) is 19.6. The highest BCUT2D eigenvalue weighted by atomic mass is 16.3. The maximum atomic E-state index is 12.6. The Morgan fingerprint density at radius 2 is 1.14 bits per heavy atom. The summed E-state index contributed by atoms with van der Waals surface area (Å²) < 4.78 is 72.1. The molecule has 0 saturated carbocycles. The number of phenols is 1. The first-order valence-corrected chi connectivity index (χ1v) is 21.7. The molecule has 9 rings (SSSR count). The van der Waals surface area contributed by atoms with Crippen LogP contribution < -0.4 is 0 Å². The molecule has 0 radical (unpaired) electrons. The van der Waals surface area contributed by atoms with E-state index in [4.69, 9.17) is 14.6 Å². The zero-order valence-corrected chi connectivity index (χ0v) is 37.9. The Morgan fingerprint density at radius 1 is 0.500 bits per heavy atom. The van der Waals surface area contributed by atoms with E-state index in [2.05, 4.69) is 114 Å². The molecule has 0 spiro atoms. The monoisotopic (exact) mass is 844 g/mol. The Hall–Kier alpha value is -7.04. The van der Waals surface area contributed by atoms with Crippen molar-refractivity contribution in [1.82, 2.24) is 14.5 Å². The maximum absolute atomic E-state index is 12.6. The summed E-state index contributed by atoms with van der Waals surface area (Å²) in [5, 5.41) is 12.6. The quantitative estimate of drug-likeness (QED) is 0.174. The second kappa shape index (κ2) is 16.3. The zero-order chi connectivity index (χ0) is 51.9. The predicted octanol–water partition coefficient (Wildman–Crippen LogP) is 16.0. The first-order valence-electron chi connectivity index (χ1n) is 25.7. The number of nitrogens with zero attached hydrogens (tertiary/aromatic N) is 3. The molecule has 318 valence electrons. The molecular formula is C60H57N3O. The molecule has 2 heterocycles. The predicted molar refractivity (Wildman–Crippen MR) is 269 cm³/mol. The summed E-state index contributed by atoms with van der Waals surface area (Å²) in [5.41, 5.74) is 9.74. The lowest BCUT2D eigenvalue weighted by atomic mass is 9.78. The van der Waals surface area contributed by atoms with Crippen LogP contribution in [0.1, 0.15) is 90.0 Å². The van der Waals surface area contributed by atoms with Crippen LogP contribution in [0.2, 0.25) is 0 Å². The summed E-state index contributed by atoms with van der Waals surface area (Å²) in [6.07, 6.45) is -0.514. The normalized spacial score (nSPS) is 14.0. The van der Waals surface area contributed by atoms with Gasteiger partial charge in [-0.1, -0.05) is 177 Å². The van der Waals surface area contributed by atoms with Crippen LogP contribution in [0.4, 0.5) is 0 Å². The van der Waals surface area contributed by atoms with Crippen molar-refractivity contribution in [2.45, 2.75) is 78.6 Å². The summed E-state index contributed by atoms with van der Waals surface area (Å²) in [6.45, 7) is 19.4. The molecule has 4 nitrogen and oxygen atoms in total. The summed E-state index contributed by atoms with van der Waals surface area (Å²) in [6, 6.07) is 38.6. The highest BCUT2D eigenvalue weighted by Gasteiger charge is 2.30. The fraction of sp³-hybridized carbons (Fsp3) is 0.200. The number of rotatable bonds is 7. The van der Waals surface area contributed by atoms with E-state index >= 15 is 0 Å². The van der Waals surface area contributed by atoms with Crippen molar-refractivity contribution in [3.63, 3.8) is 0 Å². The number of hydrogen-bond donors (Lipinski definition) is 1. The fourth-order valence-corrected chi connectivity index (χ4v) is 8.38. The van der Waals surface area contributed by atoms with Crippen LogP contribution in [0.25, 0.3) is 83.9 Å². The Morgan fingerprint density at radius 3 is 1.80 bits per heavy atom. The summed E-state index contributed by atoms with van der Waals surface area (Å²) in [4.78, 5) is 10.1. The molecule has 0 saturated heterocycles. The Bertz CT molecular complexity index is 3590. The number of aromatic hydroxyl groups is 1. The largest absolute Gasteiger partial charge is 0.507 e. The fourth-order valence-electron chi connectivity index (χ4n) is 8.38. The van der Waals surface area contributed by atoms with Crippen molar-refractivity contribution < 1.29 is 16.1 Å². The van der Waals surface area contributed by atoms with Gasteiger partial charge < -0.3 is 5.11 Å². The highest BCUT2D eigenvalue weighted by Crippen LogP contribution is 2.46. The first-order chi connectivity index (χ1) is 33.9. The van der Waals surface area contributed by atoms with Crippen LogP contribution in [-0.4, -0.2) is 19.6 Å². The molecule has 4 heteroatoms. The number of benzene rings is 7. The molecule has 2 aromatic heterocycles. The highest BCUT2D eigenvalue weighted by molar-refractivity contribution is 5.98. The van der Waals surface area contributed by atoms with Gasteiger partial charge in [0.25, 0.3) is 0 Å². The van der Waals surface area contributed by atoms with Crippen LogP contribution in [0, 0.1) is 0 Å². The minimum Gasteiger partial charge on any atom is -0.507 e. The molecule has 0 amide bonds. The van der Waals surface area contributed by atoms with Gasteiger partial charge >= 0.3 is 0 Å². The molecular weight excluding hydrogens is 779 g/mol. The molecule has 0 atom stereocenters. The molecule has 1 N–H and O–H groups in total. The number of hydrogen-bond acceptors (Lipinski definition) is 3. The number of imidazole rings is 1. The van der Waals surface area contributed by atoms with Crippen molar-refractivity contribution >= 4 is 11.0 Å². The molecule has 0 fully saturated rings. The van der Waals surface area contributed by atoms with Crippen LogP contribution in [0.15, 0.2) is 176 Å². The van der Waals surface area contributed by atoms with Gasteiger partial charge in [0.15, 0.2) is 0 Å². The third-order valence-corrected chi connectivity index (χ3v) is 11.8. The molecule has 0 aliphatic rings. The molecule has 64 heavy (non-hydrogen) atoms. The number of fused-ring (bicyclic) bond motifs is 1. The third-order valence-electron chi connectivity index (χ3n) is 11.8. The summed E-state index contributed by atoms with van der Waals surface area (Å²) >= 11 is 0. The van der Waals surface area contributed by atoms with Crippen LogP contribution >= 0.6 is 0 Å². The molecule has 0 bridgehead atoms. The number of aromatic nitrogens is 3.